The molecule has 2 radical (unpaired) electrons. The number of aliphatic carboxylic acids is 2. The van der Waals surface area contributed by atoms with Crippen LogP contribution in [0.15, 0.2) is 24.3 Å². The van der Waals surface area contributed by atoms with Gasteiger partial charge in [-0.2, -0.15) is 0 Å². The number of rotatable bonds is 6. The van der Waals surface area contributed by atoms with E-state index in [2.05, 4.69) is 9.47 Å². The van der Waals surface area contributed by atoms with E-state index in [1.807, 2.05) is 0 Å². The molecule has 21 heavy (non-hydrogen) atoms. The van der Waals surface area contributed by atoms with E-state index in [0.717, 1.165) is 24.3 Å². The summed E-state index contributed by atoms with van der Waals surface area (Å²) < 4.78 is 8.81. The first-order valence-electron chi connectivity index (χ1n) is 5.48. The van der Waals surface area contributed by atoms with Crippen LogP contribution < -0.4 is 0 Å². The van der Waals surface area contributed by atoms with Crippen molar-refractivity contribution in [1.29, 1.82) is 0 Å². The van der Waals surface area contributed by atoms with Crippen molar-refractivity contribution in [3.05, 3.63) is 24.3 Å². The maximum Gasteiger partial charge on any atom is 0.330 e. The number of esters is 2. The molecule has 0 aliphatic heterocycles. The molecule has 2 N–H and O–H groups in total. The molecule has 0 saturated heterocycles. The zero-order valence-corrected chi connectivity index (χ0v) is 14.0. The van der Waals surface area contributed by atoms with Crippen molar-refractivity contribution in [2.75, 3.05) is 13.2 Å². The summed E-state index contributed by atoms with van der Waals surface area (Å²) in [5.41, 5.74) is 0. The van der Waals surface area contributed by atoms with Crippen molar-refractivity contribution in [2.45, 2.75) is 13.8 Å². The predicted octanol–water partition coefficient (Wildman–Crippen LogP) is -0.000200. The van der Waals surface area contributed by atoms with E-state index in [1.54, 1.807) is 13.8 Å². The second-order valence-corrected chi connectivity index (χ2v) is 2.85. The van der Waals surface area contributed by atoms with Gasteiger partial charge in [-0.3, -0.25) is 0 Å². The first kappa shape index (κ1) is 24.6. The summed E-state index contributed by atoms with van der Waals surface area (Å²) >= 11 is 0. The molecule has 0 bridgehead atoms. The van der Waals surface area contributed by atoms with E-state index in [4.69, 9.17) is 10.2 Å². The minimum absolute atomic E-state index is 0. The molecule has 0 heterocycles. The van der Waals surface area contributed by atoms with E-state index < -0.39 is 23.9 Å². The third-order valence-electron chi connectivity index (χ3n) is 1.30. The van der Waals surface area contributed by atoms with Gasteiger partial charge in [-0.1, -0.05) is 0 Å². The van der Waals surface area contributed by atoms with Crippen LogP contribution in [0.3, 0.4) is 0 Å². The number of hydrogen-bond donors (Lipinski definition) is 2. The van der Waals surface area contributed by atoms with E-state index in [1.165, 1.54) is 0 Å². The number of hydrogen-bond acceptors (Lipinski definition) is 6. The molecule has 0 aliphatic rings. The predicted molar refractivity (Wildman–Crippen MR) is 72.6 cm³/mol. The van der Waals surface area contributed by atoms with Gasteiger partial charge >= 0.3 is 23.9 Å². The first-order valence-corrected chi connectivity index (χ1v) is 5.48. The van der Waals surface area contributed by atoms with E-state index in [-0.39, 0.29) is 51.0 Å². The van der Waals surface area contributed by atoms with Gasteiger partial charge in [0.15, 0.2) is 0 Å². The van der Waals surface area contributed by atoms with E-state index in [9.17, 15) is 19.2 Å². The quantitative estimate of drug-likeness (QED) is 0.396. The van der Waals surface area contributed by atoms with Crippen LogP contribution in [0.5, 0.6) is 0 Å². The maximum atomic E-state index is 10.4. The summed E-state index contributed by atoms with van der Waals surface area (Å²) in [5, 5.41) is 16.1. The van der Waals surface area contributed by atoms with Crippen molar-refractivity contribution in [3.8, 4) is 0 Å². The van der Waals surface area contributed by atoms with Crippen molar-refractivity contribution in [2.24, 2.45) is 0 Å². The third-order valence-corrected chi connectivity index (χ3v) is 1.30. The van der Waals surface area contributed by atoms with Gasteiger partial charge in [0.2, 0.25) is 0 Å². The van der Waals surface area contributed by atoms with E-state index in [0.29, 0.717) is 0 Å². The smallest absolute Gasteiger partial charge is 0.330 e. The van der Waals surface area contributed by atoms with E-state index >= 15 is 0 Å². The van der Waals surface area contributed by atoms with Gasteiger partial charge in [0.05, 0.1) is 13.2 Å². The fourth-order valence-corrected chi connectivity index (χ4v) is 0.659. The van der Waals surface area contributed by atoms with Crippen LogP contribution in [-0.2, 0) is 28.7 Å². The zero-order valence-electron chi connectivity index (χ0n) is 11.8. The summed E-state index contributed by atoms with van der Waals surface area (Å²) in [4.78, 5) is 40.4. The molecule has 0 aromatic rings. The van der Waals surface area contributed by atoms with Crippen LogP contribution in [0.1, 0.15) is 13.8 Å². The Morgan fingerprint density at radius 2 is 1.05 bits per heavy atom. The largest absolute Gasteiger partial charge is 0.478 e. The standard InChI is InChI=1S/2C6H8O4.Ca/c2*1-2-10-6(9)4-3-5(7)8;/h2*3-4H,2H2,1H3,(H,7,8);/b2*4-3+;. The fourth-order valence-electron chi connectivity index (χ4n) is 0.659. The number of carboxylic acid groups (broad SMARTS) is 2. The molecule has 0 amide bonds. The summed E-state index contributed by atoms with van der Waals surface area (Å²) in [5.74, 6) is -3.59. The van der Waals surface area contributed by atoms with Crippen molar-refractivity contribution in [3.63, 3.8) is 0 Å². The van der Waals surface area contributed by atoms with Gasteiger partial charge in [0.25, 0.3) is 0 Å². The minimum Gasteiger partial charge on any atom is -0.478 e. The van der Waals surface area contributed by atoms with Crippen LogP contribution in [-0.4, -0.2) is 85.0 Å². The second kappa shape index (κ2) is 16.7. The normalized spacial score (nSPS) is 9.24. The average Bonchev–Trinajstić information content (AvgIpc) is 2.35. The molecule has 8 nitrogen and oxygen atoms in total. The summed E-state index contributed by atoms with van der Waals surface area (Å²) in [6.07, 6.45) is 3.20. The number of ether oxygens (including phenoxy) is 2. The Morgan fingerprint density at radius 3 is 1.24 bits per heavy atom. The molecule has 0 unspecified atom stereocenters. The third kappa shape index (κ3) is 24.1. The zero-order chi connectivity index (χ0) is 16.0. The Kier molecular flexibility index (Phi) is 19.6. The molecule has 0 spiro atoms. The second-order valence-electron chi connectivity index (χ2n) is 2.85. The van der Waals surface area contributed by atoms with Gasteiger partial charge in [-0.15, -0.1) is 0 Å². The van der Waals surface area contributed by atoms with Crippen molar-refractivity contribution < 1.29 is 38.9 Å². The summed E-state index contributed by atoms with van der Waals surface area (Å²) in [6.45, 7) is 3.80. The average molecular weight is 328 g/mol. The number of carbonyl (C=O) groups is 4. The van der Waals surface area contributed by atoms with Crippen LogP contribution >= 0.6 is 0 Å². The molecule has 114 valence electrons. The topological polar surface area (TPSA) is 127 Å². The Labute approximate surface area is 151 Å². The van der Waals surface area contributed by atoms with Crippen molar-refractivity contribution >= 4 is 61.6 Å². The molecule has 0 atom stereocenters. The molecule has 0 saturated carbocycles. The summed E-state index contributed by atoms with van der Waals surface area (Å²) in [6, 6.07) is 0. The number of carbonyl (C=O) groups excluding carboxylic acids is 2. The molecule has 0 aromatic carbocycles. The van der Waals surface area contributed by atoms with Crippen molar-refractivity contribution in [1.82, 2.24) is 0 Å². The molecule has 0 rings (SSSR count). The fraction of sp³-hybridized carbons (Fsp3) is 0.333. The SMILES string of the molecule is CCOC(=O)/C=C/C(=O)O.CCOC(=O)/C=C/C(=O)O.[Ca]. The first-order chi connectivity index (χ1) is 9.33. The Bertz CT molecular complexity index is 362. The van der Waals surface area contributed by atoms with Crippen LogP contribution in [0.25, 0.3) is 0 Å². The van der Waals surface area contributed by atoms with Gasteiger partial charge in [-0.05, 0) is 13.8 Å². The van der Waals surface area contributed by atoms with Gasteiger partial charge in [0.1, 0.15) is 0 Å². The van der Waals surface area contributed by atoms with Gasteiger partial charge in [-0.25, -0.2) is 19.2 Å². The maximum absolute atomic E-state index is 10.4. The van der Waals surface area contributed by atoms with Crippen LogP contribution in [0.2, 0.25) is 0 Å². The monoisotopic (exact) mass is 328 g/mol. The van der Waals surface area contributed by atoms with Crippen LogP contribution in [0, 0.1) is 0 Å². The van der Waals surface area contributed by atoms with Gasteiger partial charge in [0, 0.05) is 62.0 Å². The molecule has 0 aliphatic carbocycles. The molecule has 0 aromatic heterocycles. The minimum atomic E-state index is -1.16. The Balaban J connectivity index is -0.000000295. The Morgan fingerprint density at radius 1 is 0.762 bits per heavy atom. The van der Waals surface area contributed by atoms with Crippen LogP contribution in [0.4, 0.5) is 0 Å². The molecule has 9 heteroatoms. The molecular weight excluding hydrogens is 312 g/mol. The molecule has 0 fully saturated rings. The molecular formula is C12H16CaO8. The number of carboxylic acids is 2. The Hall–Kier alpha value is -1.38. The van der Waals surface area contributed by atoms with Gasteiger partial charge < -0.3 is 19.7 Å². The summed E-state index contributed by atoms with van der Waals surface area (Å²) in [7, 11) is 0.